The fourth-order valence-corrected chi connectivity index (χ4v) is 7.34. The molecular weight excluding hydrogens is 391 g/mol. The van der Waals surface area contributed by atoms with Crippen molar-refractivity contribution >= 4 is 17.5 Å². The van der Waals surface area contributed by atoms with Crippen LogP contribution in [0.5, 0.6) is 0 Å². The van der Waals surface area contributed by atoms with E-state index in [1.54, 1.807) is 13.0 Å². The lowest BCUT2D eigenvalue weighted by Gasteiger charge is -2.61. The number of fused-ring (bicyclic) bond motifs is 5. The summed E-state index contributed by atoms with van der Waals surface area (Å²) in [4.78, 5) is 37.1. The average Bonchev–Trinajstić information content (AvgIpc) is 3.01. The number of aliphatic hydroxyl groups is 2. The second-order valence-corrected chi connectivity index (χ2v) is 9.82. The number of methoxy groups -OCH3 is 1. The Balaban J connectivity index is 1.82. The number of hydrogen-bond donors (Lipinski definition) is 2. The van der Waals surface area contributed by atoms with Gasteiger partial charge in [0.25, 0.3) is 0 Å². The maximum Gasteiger partial charge on any atom is 0.309 e. The molecule has 0 aromatic heterocycles. The number of esters is 1. The van der Waals surface area contributed by atoms with E-state index in [2.05, 4.69) is 0 Å². The second kappa shape index (κ2) is 6.82. The van der Waals surface area contributed by atoms with Crippen molar-refractivity contribution in [2.75, 3.05) is 13.7 Å². The summed E-state index contributed by atoms with van der Waals surface area (Å²) in [7, 11) is 1.25. The highest BCUT2D eigenvalue weighted by Crippen LogP contribution is 2.69. The van der Waals surface area contributed by atoms with Crippen LogP contribution in [0.4, 0.5) is 4.39 Å². The Morgan fingerprint density at radius 3 is 2.63 bits per heavy atom. The molecule has 0 radical (unpaired) electrons. The third-order valence-corrected chi connectivity index (χ3v) is 8.70. The third-order valence-electron chi connectivity index (χ3n) is 8.70. The third kappa shape index (κ3) is 2.51. The molecule has 2 N–H and O–H groups in total. The molecule has 7 heteroatoms. The largest absolute Gasteiger partial charge is 0.469 e. The molecule has 4 rings (SSSR count). The molecule has 3 saturated carbocycles. The first-order valence-electron chi connectivity index (χ1n) is 10.6. The molecule has 0 heterocycles. The number of alkyl halides is 1. The van der Waals surface area contributed by atoms with Crippen LogP contribution < -0.4 is 0 Å². The number of rotatable bonds is 3. The molecular formula is C23H29FO6. The molecule has 164 valence electrons. The van der Waals surface area contributed by atoms with Crippen molar-refractivity contribution in [3.8, 4) is 0 Å². The van der Waals surface area contributed by atoms with Crippen LogP contribution in [-0.4, -0.2) is 53.2 Å². The number of allylic oxidation sites excluding steroid dienone is 4. The van der Waals surface area contributed by atoms with Gasteiger partial charge in [0.2, 0.25) is 0 Å². The van der Waals surface area contributed by atoms with Crippen LogP contribution in [0.3, 0.4) is 0 Å². The molecule has 0 aliphatic heterocycles. The van der Waals surface area contributed by atoms with Gasteiger partial charge in [0.15, 0.2) is 17.2 Å². The number of carbonyl (C=O) groups excluding carboxylic acids is 3. The molecule has 4 aliphatic rings. The summed E-state index contributed by atoms with van der Waals surface area (Å²) in [5, 5.41) is 20.7. The van der Waals surface area contributed by atoms with Crippen molar-refractivity contribution < 1.29 is 33.7 Å². The van der Waals surface area contributed by atoms with E-state index >= 15 is 4.39 Å². The number of Topliss-reactive ketones (excluding diaryl/α,β-unsaturated/α-hetero) is 1. The SMILES string of the molecule is COC(=O)C1C[C@H]2[C@@H]3CCC4=CC(=O)C=C[C@]4(C)[C@@]3(F)C(O)C[C@]2(C)[C@H]1C(=O)CO. The van der Waals surface area contributed by atoms with Crippen molar-refractivity contribution in [2.24, 2.45) is 34.5 Å². The number of carbonyl (C=O) groups is 3. The van der Waals surface area contributed by atoms with Crippen LogP contribution in [0.2, 0.25) is 0 Å². The van der Waals surface area contributed by atoms with Gasteiger partial charge in [-0.2, -0.15) is 0 Å². The second-order valence-electron chi connectivity index (χ2n) is 9.82. The highest BCUT2D eigenvalue weighted by molar-refractivity contribution is 6.01. The summed E-state index contributed by atoms with van der Waals surface area (Å²) in [5.41, 5.74) is -3.29. The molecule has 4 aliphatic carbocycles. The summed E-state index contributed by atoms with van der Waals surface area (Å²) in [6.07, 6.45) is 4.25. The molecule has 8 atom stereocenters. The lowest BCUT2D eigenvalue weighted by atomic mass is 9.45. The van der Waals surface area contributed by atoms with E-state index in [-0.39, 0.29) is 24.5 Å². The van der Waals surface area contributed by atoms with Gasteiger partial charge in [0.1, 0.15) is 6.61 Å². The van der Waals surface area contributed by atoms with Crippen LogP contribution >= 0.6 is 0 Å². The van der Waals surface area contributed by atoms with Gasteiger partial charge in [0.05, 0.1) is 19.1 Å². The summed E-state index contributed by atoms with van der Waals surface area (Å²) in [5.74, 6) is -3.71. The fourth-order valence-electron chi connectivity index (χ4n) is 7.34. The molecule has 30 heavy (non-hydrogen) atoms. The van der Waals surface area contributed by atoms with Gasteiger partial charge in [-0.3, -0.25) is 14.4 Å². The number of aliphatic hydroxyl groups excluding tert-OH is 2. The highest BCUT2D eigenvalue weighted by Gasteiger charge is 2.72. The van der Waals surface area contributed by atoms with E-state index in [9.17, 15) is 24.6 Å². The first-order chi connectivity index (χ1) is 14.0. The average molecular weight is 420 g/mol. The van der Waals surface area contributed by atoms with Crippen molar-refractivity contribution in [1.82, 2.24) is 0 Å². The van der Waals surface area contributed by atoms with Gasteiger partial charge in [-0.25, -0.2) is 4.39 Å². The van der Waals surface area contributed by atoms with Gasteiger partial charge in [0, 0.05) is 17.3 Å². The van der Waals surface area contributed by atoms with E-state index in [1.165, 1.54) is 19.3 Å². The normalized spacial score (nSPS) is 47.1. The van der Waals surface area contributed by atoms with Crippen molar-refractivity contribution in [3.05, 3.63) is 23.8 Å². The Morgan fingerprint density at radius 2 is 2.00 bits per heavy atom. The maximum absolute atomic E-state index is 17.0. The summed E-state index contributed by atoms with van der Waals surface area (Å²) < 4.78 is 21.9. The molecule has 0 bridgehead atoms. The van der Waals surface area contributed by atoms with Gasteiger partial charge in [-0.05, 0) is 56.1 Å². The lowest BCUT2D eigenvalue weighted by molar-refractivity contribution is -0.196. The zero-order chi connectivity index (χ0) is 22.1. The standard InChI is InChI=1S/C23H29FO6/c1-21-10-18(28)23(24)15(5-4-12-8-13(26)6-7-22(12,23)2)16(21)9-14(20(29)30-3)19(21)17(27)11-25/h6-8,14-16,18-19,25,28H,4-5,9-11H2,1-3H3/t14?,15-,16-,18?,19+,21-,22-,23-/m0/s1. The van der Waals surface area contributed by atoms with Crippen molar-refractivity contribution in [3.63, 3.8) is 0 Å². The van der Waals surface area contributed by atoms with Gasteiger partial charge in [-0.1, -0.05) is 18.6 Å². The molecule has 0 aromatic rings. The molecule has 0 saturated heterocycles. The predicted molar refractivity (Wildman–Crippen MR) is 105 cm³/mol. The molecule has 0 spiro atoms. The van der Waals surface area contributed by atoms with Crippen LogP contribution in [-0.2, 0) is 19.1 Å². The monoisotopic (exact) mass is 420 g/mol. The summed E-state index contributed by atoms with van der Waals surface area (Å²) in [6, 6.07) is 0. The topological polar surface area (TPSA) is 101 Å². The molecule has 6 nitrogen and oxygen atoms in total. The van der Waals surface area contributed by atoms with Gasteiger partial charge >= 0.3 is 5.97 Å². The molecule has 3 fully saturated rings. The Hall–Kier alpha value is -1.86. The lowest BCUT2D eigenvalue weighted by Crippen LogP contribution is -2.66. The summed E-state index contributed by atoms with van der Waals surface area (Å²) >= 11 is 0. The van der Waals surface area contributed by atoms with Gasteiger partial charge < -0.3 is 14.9 Å². The number of halogens is 1. The molecule has 0 aromatic carbocycles. The minimum absolute atomic E-state index is 0.000770. The van der Waals surface area contributed by atoms with Crippen LogP contribution in [0.25, 0.3) is 0 Å². The minimum Gasteiger partial charge on any atom is -0.469 e. The minimum atomic E-state index is -2.02. The van der Waals surface area contributed by atoms with Crippen LogP contribution in [0.15, 0.2) is 23.8 Å². The number of ketones is 2. The first kappa shape index (κ1) is 21.4. The van der Waals surface area contributed by atoms with Crippen LogP contribution in [0.1, 0.15) is 39.5 Å². The first-order valence-corrected chi connectivity index (χ1v) is 10.6. The van der Waals surface area contributed by atoms with E-state index in [1.807, 2.05) is 6.92 Å². The van der Waals surface area contributed by atoms with Crippen LogP contribution in [0, 0.1) is 34.5 Å². The maximum atomic E-state index is 17.0. The Bertz CT molecular complexity index is 864. The van der Waals surface area contributed by atoms with E-state index in [4.69, 9.17) is 4.74 Å². The fraction of sp³-hybridized carbons (Fsp3) is 0.696. The van der Waals surface area contributed by atoms with E-state index in [0.29, 0.717) is 18.4 Å². The number of ether oxygens (including phenoxy) is 1. The molecule has 0 amide bonds. The number of hydrogen-bond acceptors (Lipinski definition) is 6. The Morgan fingerprint density at radius 1 is 1.30 bits per heavy atom. The Kier molecular flexibility index (Phi) is 4.86. The van der Waals surface area contributed by atoms with Gasteiger partial charge in [-0.15, -0.1) is 0 Å². The van der Waals surface area contributed by atoms with E-state index in [0.717, 1.165) is 0 Å². The predicted octanol–water partition coefficient (Wildman–Crippen LogP) is 1.93. The highest BCUT2D eigenvalue weighted by atomic mass is 19.1. The summed E-state index contributed by atoms with van der Waals surface area (Å²) in [6.45, 7) is 2.84. The zero-order valence-electron chi connectivity index (χ0n) is 17.6. The zero-order valence-corrected chi connectivity index (χ0v) is 17.6. The molecule has 2 unspecified atom stereocenters. The van der Waals surface area contributed by atoms with Crippen molar-refractivity contribution in [2.45, 2.75) is 51.3 Å². The Labute approximate surface area is 175 Å². The van der Waals surface area contributed by atoms with Crippen molar-refractivity contribution in [1.29, 1.82) is 0 Å². The smallest absolute Gasteiger partial charge is 0.309 e. The van der Waals surface area contributed by atoms with E-state index < -0.39 is 58.7 Å². The quantitative estimate of drug-likeness (QED) is 0.677.